The van der Waals surface area contributed by atoms with Gasteiger partial charge in [0.15, 0.2) is 4.80 Å². The molecule has 3 aromatic rings. The number of carbonyl (C=O) groups excluding carboxylic acids is 2. The number of hydrogen-bond acceptors (Lipinski definition) is 7. The minimum absolute atomic E-state index is 0.0454. The summed E-state index contributed by atoms with van der Waals surface area (Å²) >= 11 is 1.24. The summed E-state index contributed by atoms with van der Waals surface area (Å²) in [6, 6.07) is 11.3. The second-order valence-electron chi connectivity index (χ2n) is 8.41. The van der Waals surface area contributed by atoms with Crippen molar-refractivity contribution in [1.29, 1.82) is 0 Å². The van der Waals surface area contributed by atoms with Crippen molar-refractivity contribution in [2.45, 2.75) is 31.2 Å². The summed E-state index contributed by atoms with van der Waals surface area (Å²) in [6.45, 7) is 2.56. The highest BCUT2D eigenvalue weighted by molar-refractivity contribution is 7.89. The molecule has 0 spiro atoms. The third-order valence-corrected chi connectivity index (χ3v) is 9.00. The van der Waals surface area contributed by atoms with E-state index in [0.29, 0.717) is 35.5 Å². The Morgan fingerprint density at radius 3 is 2.65 bits per heavy atom. The van der Waals surface area contributed by atoms with Gasteiger partial charge in [-0.25, -0.2) is 13.2 Å². The fourth-order valence-corrected chi connectivity index (χ4v) is 6.79. The number of rotatable bonds is 7. The van der Waals surface area contributed by atoms with Crippen LogP contribution in [-0.2, 0) is 26.1 Å². The molecule has 1 saturated heterocycles. The fraction of sp³-hybridized carbons (Fsp3) is 0.346. The number of terminal acetylenes is 1. The highest BCUT2D eigenvalue weighted by Crippen LogP contribution is 2.26. The number of fused-ring (bicyclic) bond motifs is 1. The zero-order chi connectivity index (χ0) is 26.6. The smallest absolute Gasteiger partial charge is 0.338 e. The molecule has 0 saturated carbocycles. The van der Waals surface area contributed by atoms with E-state index in [1.165, 1.54) is 34.9 Å². The standard InChI is InChI=1S/C26H27N3O6S2/c1-4-14-29-22-13-8-18(25(31)35-5-2)16-23(22)36-26(29)27-24(30)19-7-6-15-28(17-19)37(32,33)21-11-9-20(34-3)10-12-21/h1,8-13,16,19H,5-7,14-15,17H2,2-3H3. The quantitative estimate of drug-likeness (QED) is 0.336. The lowest BCUT2D eigenvalue weighted by Crippen LogP contribution is -2.42. The van der Waals surface area contributed by atoms with Crippen LogP contribution in [0.2, 0.25) is 0 Å². The van der Waals surface area contributed by atoms with Crippen LogP contribution in [0.1, 0.15) is 30.1 Å². The molecule has 1 atom stereocenters. The van der Waals surface area contributed by atoms with Crippen molar-refractivity contribution in [1.82, 2.24) is 8.87 Å². The minimum atomic E-state index is -3.77. The van der Waals surface area contributed by atoms with Gasteiger partial charge in [0.25, 0.3) is 5.91 Å². The lowest BCUT2D eigenvalue weighted by molar-refractivity contribution is -0.122. The molecule has 1 fully saturated rings. The molecule has 1 aliphatic heterocycles. The first-order valence-electron chi connectivity index (χ1n) is 11.7. The van der Waals surface area contributed by atoms with Crippen molar-refractivity contribution < 1.29 is 27.5 Å². The molecular weight excluding hydrogens is 514 g/mol. The van der Waals surface area contributed by atoms with E-state index in [2.05, 4.69) is 10.9 Å². The Morgan fingerprint density at radius 2 is 1.97 bits per heavy atom. The number of piperidine rings is 1. The number of ether oxygens (including phenoxy) is 2. The Balaban J connectivity index is 1.62. The van der Waals surface area contributed by atoms with Gasteiger partial charge in [0.2, 0.25) is 10.0 Å². The van der Waals surface area contributed by atoms with Gasteiger partial charge in [-0.1, -0.05) is 17.3 Å². The summed E-state index contributed by atoms with van der Waals surface area (Å²) < 4.78 is 40.4. The van der Waals surface area contributed by atoms with Crippen LogP contribution in [-0.4, -0.2) is 56.0 Å². The summed E-state index contributed by atoms with van der Waals surface area (Å²) in [6.07, 6.45) is 6.64. The number of nitrogens with zero attached hydrogens (tertiary/aromatic N) is 3. The van der Waals surface area contributed by atoms with E-state index in [1.54, 1.807) is 41.8 Å². The normalized spacial score (nSPS) is 16.9. The van der Waals surface area contributed by atoms with Crippen LogP contribution < -0.4 is 9.54 Å². The molecule has 0 bridgehead atoms. The zero-order valence-corrected chi connectivity index (χ0v) is 22.2. The van der Waals surface area contributed by atoms with Crippen molar-refractivity contribution in [3.8, 4) is 18.1 Å². The minimum Gasteiger partial charge on any atom is -0.497 e. The van der Waals surface area contributed by atoms with Gasteiger partial charge in [0.05, 0.1) is 46.9 Å². The predicted octanol–water partition coefficient (Wildman–Crippen LogP) is 3.05. The number of thiazole rings is 1. The molecule has 1 aliphatic rings. The maximum atomic E-state index is 13.2. The van der Waals surface area contributed by atoms with E-state index in [0.717, 1.165) is 10.2 Å². The van der Waals surface area contributed by atoms with Gasteiger partial charge in [-0.3, -0.25) is 4.79 Å². The Kier molecular flexibility index (Phi) is 8.12. The molecule has 11 heteroatoms. The van der Waals surface area contributed by atoms with Gasteiger partial charge < -0.3 is 14.0 Å². The number of carbonyl (C=O) groups is 2. The average molecular weight is 542 g/mol. The van der Waals surface area contributed by atoms with Crippen molar-refractivity contribution in [2.24, 2.45) is 10.9 Å². The summed E-state index contributed by atoms with van der Waals surface area (Å²) in [5.74, 6) is 1.71. The molecule has 1 amide bonds. The van der Waals surface area contributed by atoms with Crippen LogP contribution >= 0.6 is 11.3 Å². The topological polar surface area (TPSA) is 107 Å². The Morgan fingerprint density at radius 1 is 1.22 bits per heavy atom. The van der Waals surface area contributed by atoms with Gasteiger partial charge in [0.1, 0.15) is 5.75 Å². The Labute approximate surface area is 219 Å². The number of methoxy groups -OCH3 is 1. The van der Waals surface area contributed by atoms with Gasteiger partial charge in [0, 0.05) is 13.1 Å². The van der Waals surface area contributed by atoms with Gasteiger partial charge in [-0.15, -0.1) is 6.42 Å². The van der Waals surface area contributed by atoms with Crippen LogP contribution in [0.5, 0.6) is 5.75 Å². The average Bonchev–Trinajstić information content (AvgIpc) is 3.25. The second-order valence-corrected chi connectivity index (χ2v) is 11.4. The lowest BCUT2D eigenvalue weighted by Gasteiger charge is -2.30. The molecule has 2 heterocycles. The highest BCUT2D eigenvalue weighted by atomic mass is 32.2. The molecule has 194 valence electrons. The maximum absolute atomic E-state index is 13.2. The molecular formula is C26H27N3O6S2. The summed E-state index contributed by atoms with van der Waals surface area (Å²) in [4.78, 5) is 30.3. The Hall–Kier alpha value is -3.46. The van der Waals surface area contributed by atoms with E-state index in [1.807, 2.05) is 0 Å². The molecule has 9 nitrogen and oxygen atoms in total. The molecule has 0 aliphatic carbocycles. The second kappa shape index (κ2) is 11.3. The summed E-state index contributed by atoms with van der Waals surface area (Å²) in [5, 5.41) is 0. The van der Waals surface area contributed by atoms with Gasteiger partial charge in [-0.05, 0) is 62.2 Å². The Bertz CT molecular complexity index is 1530. The van der Waals surface area contributed by atoms with Crippen LogP contribution in [0.25, 0.3) is 10.2 Å². The first kappa shape index (κ1) is 26.6. The lowest BCUT2D eigenvalue weighted by atomic mass is 9.99. The molecule has 1 unspecified atom stereocenters. The third-order valence-electron chi connectivity index (χ3n) is 6.08. The predicted molar refractivity (Wildman–Crippen MR) is 140 cm³/mol. The highest BCUT2D eigenvalue weighted by Gasteiger charge is 2.33. The number of aromatic nitrogens is 1. The number of sulfonamides is 1. The zero-order valence-electron chi connectivity index (χ0n) is 20.5. The van der Waals surface area contributed by atoms with Gasteiger partial charge >= 0.3 is 5.97 Å². The van der Waals surface area contributed by atoms with Crippen LogP contribution in [0, 0.1) is 18.3 Å². The maximum Gasteiger partial charge on any atom is 0.338 e. The fourth-order valence-electron chi connectivity index (χ4n) is 4.19. The molecule has 1 aromatic heterocycles. The van der Waals surface area contributed by atoms with Crippen LogP contribution in [0.15, 0.2) is 52.4 Å². The van der Waals surface area contributed by atoms with Crippen LogP contribution in [0.3, 0.4) is 0 Å². The SMILES string of the molecule is C#CCn1c(=NC(=O)C2CCCN(S(=O)(=O)c3ccc(OC)cc3)C2)sc2cc(C(=O)OCC)ccc21. The third kappa shape index (κ3) is 5.61. The van der Waals surface area contributed by atoms with Crippen LogP contribution in [0.4, 0.5) is 0 Å². The van der Waals surface area contributed by atoms with E-state index in [9.17, 15) is 18.0 Å². The van der Waals surface area contributed by atoms with Gasteiger partial charge in [-0.2, -0.15) is 9.30 Å². The molecule has 2 aromatic carbocycles. The number of hydrogen-bond donors (Lipinski definition) is 0. The summed E-state index contributed by atoms with van der Waals surface area (Å²) in [7, 11) is -2.26. The van der Waals surface area contributed by atoms with E-state index >= 15 is 0 Å². The monoisotopic (exact) mass is 541 g/mol. The molecule has 0 radical (unpaired) electrons. The van der Waals surface area contributed by atoms with Crippen molar-refractivity contribution >= 4 is 43.5 Å². The summed E-state index contributed by atoms with van der Waals surface area (Å²) in [5.41, 5.74) is 1.14. The van der Waals surface area contributed by atoms with E-state index < -0.39 is 27.8 Å². The molecule has 4 rings (SSSR count). The largest absolute Gasteiger partial charge is 0.497 e. The number of benzene rings is 2. The first-order valence-corrected chi connectivity index (χ1v) is 14.0. The van der Waals surface area contributed by atoms with Crippen molar-refractivity contribution in [2.75, 3.05) is 26.8 Å². The molecule has 0 N–H and O–H groups in total. The van der Waals surface area contributed by atoms with Crippen molar-refractivity contribution in [3.05, 3.63) is 52.8 Å². The molecule has 37 heavy (non-hydrogen) atoms. The number of amides is 1. The number of esters is 1. The first-order chi connectivity index (χ1) is 17.8. The van der Waals surface area contributed by atoms with E-state index in [-0.39, 0.29) is 24.6 Å². The van der Waals surface area contributed by atoms with E-state index in [4.69, 9.17) is 15.9 Å². The van der Waals surface area contributed by atoms with Crippen molar-refractivity contribution in [3.63, 3.8) is 0 Å².